The molecule has 1 saturated heterocycles. The van der Waals surface area contributed by atoms with E-state index in [4.69, 9.17) is 0 Å². The van der Waals surface area contributed by atoms with Crippen molar-refractivity contribution in [3.63, 3.8) is 0 Å². The highest BCUT2D eigenvalue weighted by molar-refractivity contribution is 7.93. The Bertz CT molecular complexity index is 1130. The molecule has 3 aromatic carbocycles. The van der Waals surface area contributed by atoms with Crippen molar-refractivity contribution in [1.82, 2.24) is 0 Å². The highest BCUT2D eigenvalue weighted by atomic mass is 32.2. The van der Waals surface area contributed by atoms with Gasteiger partial charge in [-0.05, 0) is 58.0 Å². The Kier molecular flexibility index (Phi) is 3.29. The summed E-state index contributed by atoms with van der Waals surface area (Å²) in [6, 6.07) is 19.2. The fourth-order valence-electron chi connectivity index (χ4n) is 4.58. The molecular weight excluding hydrogens is 328 g/mol. The highest BCUT2D eigenvalue weighted by Crippen LogP contribution is 2.42. The van der Waals surface area contributed by atoms with Crippen LogP contribution in [0.5, 0.6) is 0 Å². The molecule has 0 N–H and O–H groups in total. The van der Waals surface area contributed by atoms with Crippen LogP contribution in [0.3, 0.4) is 0 Å². The molecule has 0 aliphatic carbocycles. The minimum atomic E-state index is -2.98. The van der Waals surface area contributed by atoms with Crippen LogP contribution in [0, 0.1) is 0 Å². The first kappa shape index (κ1) is 15.2. The van der Waals surface area contributed by atoms with Crippen molar-refractivity contribution in [3.8, 4) is 0 Å². The van der Waals surface area contributed by atoms with Gasteiger partial charge in [0, 0.05) is 0 Å². The molecule has 2 aliphatic rings. The summed E-state index contributed by atoms with van der Waals surface area (Å²) in [7, 11) is -2.98. The molecule has 0 spiro atoms. The molecule has 126 valence electrons. The maximum Gasteiger partial charge on any atom is 0.159 e. The topological polar surface area (TPSA) is 34.1 Å². The zero-order chi connectivity index (χ0) is 17.0. The highest BCUT2D eigenvalue weighted by Gasteiger charge is 2.40. The van der Waals surface area contributed by atoms with Gasteiger partial charge in [0.2, 0.25) is 0 Å². The Balaban J connectivity index is 1.79. The number of fused-ring (bicyclic) bond motifs is 5. The zero-order valence-corrected chi connectivity index (χ0v) is 14.8. The SMILES string of the molecule is O=S1(=O)C2C=C(c3cc4ccccc4c4ccccc34)CC1CCC2. The van der Waals surface area contributed by atoms with E-state index in [0.717, 1.165) is 19.3 Å². The summed E-state index contributed by atoms with van der Waals surface area (Å²) in [5.41, 5.74) is 2.42. The Labute approximate surface area is 148 Å². The second-order valence-corrected chi connectivity index (χ2v) is 9.72. The molecule has 2 bridgehead atoms. The lowest BCUT2D eigenvalue weighted by atomic mass is 9.88. The van der Waals surface area contributed by atoms with E-state index in [9.17, 15) is 8.42 Å². The van der Waals surface area contributed by atoms with E-state index in [2.05, 4.69) is 54.6 Å². The zero-order valence-electron chi connectivity index (χ0n) is 14.0. The van der Waals surface area contributed by atoms with Crippen LogP contribution in [-0.4, -0.2) is 18.9 Å². The average molecular weight is 348 g/mol. The maximum atomic E-state index is 12.6. The van der Waals surface area contributed by atoms with Gasteiger partial charge in [0.05, 0.1) is 10.5 Å². The summed E-state index contributed by atoms with van der Waals surface area (Å²) in [4.78, 5) is 0. The molecule has 2 atom stereocenters. The Morgan fingerprint density at radius 3 is 2.36 bits per heavy atom. The predicted octanol–water partition coefficient (Wildman–Crippen LogP) is 5.12. The van der Waals surface area contributed by atoms with Gasteiger partial charge >= 0.3 is 0 Å². The standard InChI is InChI=1S/C22H20O2S/c23-25(24)17-7-5-8-18(25)13-16(12-17)22-14-15-6-1-2-9-19(15)20-10-3-4-11-21(20)22/h1-4,6,9-12,14,17-18H,5,7-8,13H2. The largest absolute Gasteiger partial charge is 0.228 e. The van der Waals surface area contributed by atoms with Gasteiger partial charge in [-0.1, -0.05) is 61.0 Å². The third-order valence-electron chi connectivity index (χ3n) is 5.85. The molecule has 0 aromatic heterocycles. The lowest BCUT2D eigenvalue weighted by Crippen LogP contribution is -2.38. The van der Waals surface area contributed by atoms with Crippen LogP contribution in [0.25, 0.3) is 27.1 Å². The van der Waals surface area contributed by atoms with Crippen LogP contribution < -0.4 is 0 Å². The first-order valence-corrected chi connectivity index (χ1v) is 10.6. The number of allylic oxidation sites excluding steroid dienone is 1. The molecule has 2 nitrogen and oxygen atoms in total. The van der Waals surface area contributed by atoms with E-state index in [1.165, 1.54) is 32.7 Å². The summed E-state index contributed by atoms with van der Waals surface area (Å²) in [6.45, 7) is 0. The molecule has 2 heterocycles. The van der Waals surface area contributed by atoms with Crippen molar-refractivity contribution < 1.29 is 8.42 Å². The Morgan fingerprint density at radius 2 is 1.56 bits per heavy atom. The van der Waals surface area contributed by atoms with Gasteiger partial charge < -0.3 is 0 Å². The molecule has 0 saturated carbocycles. The van der Waals surface area contributed by atoms with Crippen LogP contribution in [0.1, 0.15) is 31.2 Å². The second-order valence-electron chi connectivity index (χ2n) is 7.27. The molecule has 2 aliphatic heterocycles. The van der Waals surface area contributed by atoms with Crippen molar-refractivity contribution in [3.05, 3.63) is 66.2 Å². The monoisotopic (exact) mass is 348 g/mol. The van der Waals surface area contributed by atoms with Gasteiger partial charge in [0.15, 0.2) is 9.84 Å². The van der Waals surface area contributed by atoms with Crippen molar-refractivity contribution in [2.24, 2.45) is 0 Å². The molecule has 25 heavy (non-hydrogen) atoms. The lowest BCUT2D eigenvalue weighted by molar-refractivity contribution is 0.518. The fourth-order valence-corrected chi connectivity index (χ4v) is 6.83. The van der Waals surface area contributed by atoms with E-state index in [-0.39, 0.29) is 10.5 Å². The smallest absolute Gasteiger partial charge is 0.159 e. The van der Waals surface area contributed by atoms with Crippen molar-refractivity contribution in [2.45, 2.75) is 36.2 Å². The normalized spacial score (nSPS) is 25.0. The number of sulfone groups is 1. The van der Waals surface area contributed by atoms with Gasteiger partial charge in [0.1, 0.15) is 0 Å². The lowest BCUT2D eigenvalue weighted by Gasteiger charge is -2.33. The molecule has 0 amide bonds. The molecular formula is C22H20O2S. The molecule has 5 rings (SSSR count). The quantitative estimate of drug-likeness (QED) is 0.572. The average Bonchev–Trinajstić information content (AvgIpc) is 2.60. The Hall–Kier alpha value is -2.13. The van der Waals surface area contributed by atoms with Gasteiger partial charge in [-0.3, -0.25) is 0 Å². The third-order valence-corrected chi connectivity index (χ3v) is 8.40. The molecule has 0 radical (unpaired) electrons. The molecule has 2 unspecified atom stereocenters. The van der Waals surface area contributed by atoms with E-state index in [1.807, 2.05) is 6.08 Å². The minimum Gasteiger partial charge on any atom is -0.228 e. The van der Waals surface area contributed by atoms with Crippen molar-refractivity contribution >= 4 is 37.0 Å². The van der Waals surface area contributed by atoms with E-state index in [1.54, 1.807) is 0 Å². The Morgan fingerprint density at radius 1 is 0.840 bits per heavy atom. The van der Waals surface area contributed by atoms with Gasteiger partial charge in [-0.25, -0.2) is 8.42 Å². The van der Waals surface area contributed by atoms with Gasteiger partial charge in [0.25, 0.3) is 0 Å². The predicted molar refractivity (Wildman–Crippen MR) is 104 cm³/mol. The van der Waals surface area contributed by atoms with Gasteiger partial charge in [-0.2, -0.15) is 0 Å². The summed E-state index contributed by atoms with van der Waals surface area (Å²) in [5, 5.41) is 4.46. The summed E-state index contributed by atoms with van der Waals surface area (Å²) in [5.74, 6) is 0. The molecule has 3 aromatic rings. The van der Waals surface area contributed by atoms with Crippen LogP contribution in [0.15, 0.2) is 60.7 Å². The summed E-state index contributed by atoms with van der Waals surface area (Å²) in [6.07, 6.45) is 5.30. The van der Waals surface area contributed by atoms with Crippen LogP contribution >= 0.6 is 0 Å². The van der Waals surface area contributed by atoms with Crippen LogP contribution in [0.4, 0.5) is 0 Å². The number of benzene rings is 3. The van der Waals surface area contributed by atoms with E-state index in [0.29, 0.717) is 6.42 Å². The van der Waals surface area contributed by atoms with E-state index < -0.39 is 9.84 Å². The van der Waals surface area contributed by atoms with Crippen molar-refractivity contribution in [2.75, 3.05) is 0 Å². The summed E-state index contributed by atoms with van der Waals surface area (Å²) >= 11 is 0. The van der Waals surface area contributed by atoms with Crippen molar-refractivity contribution in [1.29, 1.82) is 0 Å². The van der Waals surface area contributed by atoms with Crippen LogP contribution in [0.2, 0.25) is 0 Å². The van der Waals surface area contributed by atoms with Gasteiger partial charge in [-0.15, -0.1) is 0 Å². The second kappa shape index (κ2) is 5.43. The molecule has 3 heteroatoms. The minimum absolute atomic E-state index is 0.198. The fraction of sp³-hybridized carbons (Fsp3) is 0.273. The first-order chi connectivity index (χ1) is 12.1. The molecule has 1 fully saturated rings. The summed E-state index contributed by atoms with van der Waals surface area (Å²) < 4.78 is 25.2. The number of rotatable bonds is 1. The number of hydrogen-bond donors (Lipinski definition) is 0. The third kappa shape index (κ3) is 2.26. The first-order valence-electron chi connectivity index (χ1n) is 8.99. The maximum absolute atomic E-state index is 12.6. The van der Waals surface area contributed by atoms with E-state index >= 15 is 0 Å². The number of hydrogen-bond acceptors (Lipinski definition) is 2. The van der Waals surface area contributed by atoms with Crippen LogP contribution in [-0.2, 0) is 9.84 Å².